The number of benzene rings is 12. The first-order chi connectivity index (χ1) is 36.2. The molecule has 2 aliphatic rings. The van der Waals surface area contributed by atoms with Crippen LogP contribution in [0.2, 0.25) is 0 Å². The zero-order chi connectivity index (χ0) is 48.0. The Balaban J connectivity index is 0.901. The van der Waals surface area contributed by atoms with E-state index in [9.17, 15) is 0 Å². The fourth-order valence-electron chi connectivity index (χ4n) is 12.3. The lowest BCUT2D eigenvalue weighted by atomic mass is 9.64. The monoisotopic (exact) mass is 931 g/mol. The van der Waals surface area contributed by atoms with Crippen molar-refractivity contribution in [3.63, 3.8) is 0 Å². The van der Waals surface area contributed by atoms with E-state index in [1.807, 2.05) is 0 Å². The quantitative estimate of drug-likeness (QED) is 0.159. The van der Waals surface area contributed by atoms with Crippen molar-refractivity contribution in [2.75, 3.05) is 14.7 Å². The van der Waals surface area contributed by atoms with Gasteiger partial charge in [0.15, 0.2) is 5.58 Å². The molecule has 4 nitrogen and oxygen atoms in total. The van der Waals surface area contributed by atoms with Crippen molar-refractivity contribution in [1.29, 1.82) is 0 Å². The first kappa shape index (κ1) is 41.2. The van der Waals surface area contributed by atoms with Crippen molar-refractivity contribution >= 4 is 94.7 Å². The number of hydrogen-bond acceptors (Lipinski definition) is 4. The molecule has 0 amide bonds. The van der Waals surface area contributed by atoms with Crippen LogP contribution < -0.4 is 14.7 Å². The van der Waals surface area contributed by atoms with Gasteiger partial charge in [-0.15, -0.1) is 0 Å². The number of anilines is 9. The van der Waals surface area contributed by atoms with Crippen LogP contribution >= 0.6 is 0 Å². The molecule has 4 heteroatoms. The SMILES string of the molecule is c1ccc(N(c2ccc3c(c2)-c2ccccc2C32c3ccccc3N(c3ccccc3)c3ccccc32)c2ccc3c(c2)oc2c(N(c4ccc5ccccc5c4)c4ccc5ccccc5c4)cccc23)cc1. The summed E-state index contributed by atoms with van der Waals surface area (Å²) in [5.74, 6) is 0. The molecule has 1 aromatic heterocycles. The molecular weight excluding hydrogens is 887 g/mol. The molecule has 0 saturated heterocycles. The maximum absolute atomic E-state index is 7.18. The Labute approximate surface area is 423 Å². The van der Waals surface area contributed by atoms with Gasteiger partial charge in [-0.3, -0.25) is 0 Å². The van der Waals surface area contributed by atoms with Crippen LogP contribution in [0.15, 0.2) is 277 Å². The Morgan fingerprint density at radius 1 is 0.315 bits per heavy atom. The Bertz CT molecular complexity index is 4180. The summed E-state index contributed by atoms with van der Waals surface area (Å²) >= 11 is 0. The van der Waals surface area contributed by atoms with E-state index >= 15 is 0 Å². The Morgan fingerprint density at radius 3 is 1.52 bits per heavy atom. The van der Waals surface area contributed by atoms with E-state index in [1.54, 1.807) is 0 Å². The number of fused-ring (bicyclic) bond motifs is 14. The molecule has 12 aromatic carbocycles. The topological polar surface area (TPSA) is 22.9 Å². The highest BCUT2D eigenvalue weighted by molar-refractivity contribution is 6.12. The molecular formula is C69H45N3O. The number of furan rings is 1. The summed E-state index contributed by atoms with van der Waals surface area (Å²) in [6.07, 6.45) is 0. The van der Waals surface area contributed by atoms with Crippen molar-refractivity contribution in [1.82, 2.24) is 0 Å². The van der Waals surface area contributed by atoms with Crippen LogP contribution in [0.25, 0.3) is 54.6 Å². The predicted octanol–water partition coefficient (Wildman–Crippen LogP) is 19.0. The standard InChI is InChI=1S/C69H45N3O/c1-3-22-50(23-4-1)70(54-39-41-61-59(44-54)56-26-11-12-28-60(56)69(61)62-29-13-15-31-64(62)72(51-24-5-2-6-25-51)65-32-16-14-30-63(65)69)55-38-40-57-58-27-17-33-66(68(58)73-67(57)45-55)71(52-36-34-46-18-7-9-20-48(46)42-52)53-37-35-47-19-8-10-21-49(47)43-53/h1-45H. The lowest BCUT2D eigenvalue weighted by Gasteiger charge is -2.45. The molecule has 0 atom stereocenters. The van der Waals surface area contributed by atoms with Gasteiger partial charge in [-0.25, -0.2) is 0 Å². The number of rotatable bonds is 7. The van der Waals surface area contributed by atoms with E-state index in [0.29, 0.717) is 0 Å². The maximum atomic E-state index is 7.18. The van der Waals surface area contributed by atoms with Crippen molar-refractivity contribution < 1.29 is 4.42 Å². The van der Waals surface area contributed by atoms with Gasteiger partial charge in [-0.05, 0) is 146 Å². The molecule has 15 rings (SSSR count). The minimum absolute atomic E-state index is 0.543. The molecule has 0 unspecified atom stereocenters. The van der Waals surface area contributed by atoms with Crippen LogP contribution in [-0.4, -0.2) is 0 Å². The average molecular weight is 932 g/mol. The van der Waals surface area contributed by atoms with E-state index in [-0.39, 0.29) is 0 Å². The van der Waals surface area contributed by atoms with Gasteiger partial charge in [0.1, 0.15) is 5.58 Å². The number of para-hydroxylation sites is 5. The minimum Gasteiger partial charge on any atom is -0.454 e. The van der Waals surface area contributed by atoms with Gasteiger partial charge < -0.3 is 19.1 Å². The molecule has 73 heavy (non-hydrogen) atoms. The highest BCUT2D eigenvalue weighted by Crippen LogP contribution is 2.64. The van der Waals surface area contributed by atoms with Crippen LogP contribution in [-0.2, 0) is 5.41 Å². The first-order valence-electron chi connectivity index (χ1n) is 25.1. The van der Waals surface area contributed by atoms with Crippen molar-refractivity contribution in [3.8, 4) is 11.1 Å². The molecule has 0 saturated carbocycles. The van der Waals surface area contributed by atoms with E-state index < -0.39 is 5.41 Å². The lowest BCUT2D eigenvalue weighted by molar-refractivity contribution is 0.669. The third-order valence-corrected chi connectivity index (χ3v) is 15.4. The largest absolute Gasteiger partial charge is 0.454 e. The number of nitrogens with zero attached hydrogens (tertiary/aromatic N) is 3. The molecule has 1 aliphatic carbocycles. The fourth-order valence-corrected chi connectivity index (χ4v) is 12.3. The van der Waals surface area contributed by atoms with E-state index in [0.717, 1.165) is 61.8 Å². The molecule has 0 radical (unpaired) electrons. The van der Waals surface area contributed by atoms with Gasteiger partial charge in [0.05, 0.1) is 22.5 Å². The van der Waals surface area contributed by atoms with Gasteiger partial charge >= 0.3 is 0 Å². The van der Waals surface area contributed by atoms with Crippen molar-refractivity contribution in [2.45, 2.75) is 5.41 Å². The zero-order valence-corrected chi connectivity index (χ0v) is 39.7. The van der Waals surface area contributed by atoms with Crippen LogP contribution in [0.1, 0.15) is 22.3 Å². The molecule has 342 valence electrons. The van der Waals surface area contributed by atoms with Gasteiger partial charge in [-0.1, -0.05) is 176 Å². The molecule has 2 heterocycles. The molecule has 1 aliphatic heterocycles. The van der Waals surface area contributed by atoms with Gasteiger partial charge in [0.25, 0.3) is 0 Å². The fraction of sp³-hybridized carbons (Fsp3) is 0.0145. The van der Waals surface area contributed by atoms with E-state index in [4.69, 9.17) is 4.42 Å². The summed E-state index contributed by atoms with van der Waals surface area (Å²) < 4.78 is 7.18. The Kier molecular flexibility index (Phi) is 9.14. The van der Waals surface area contributed by atoms with Gasteiger partial charge in [-0.2, -0.15) is 0 Å². The maximum Gasteiger partial charge on any atom is 0.159 e. The highest BCUT2D eigenvalue weighted by Gasteiger charge is 2.51. The van der Waals surface area contributed by atoms with E-state index in [1.165, 1.54) is 66.3 Å². The summed E-state index contributed by atoms with van der Waals surface area (Å²) in [6, 6.07) is 99.4. The second-order valence-corrected chi connectivity index (χ2v) is 19.2. The lowest BCUT2D eigenvalue weighted by Crippen LogP contribution is -2.36. The summed E-state index contributed by atoms with van der Waals surface area (Å²) in [7, 11) is 0. The third kappa shape index (κ3) is 6.20. The van der Waals surface area contributed by atoms with E-state index in [2.05, 4.69) is 288 Å². The molecule has 13 aromatic rings. The molecule has 0 fully saturated rings. The second kappa shape index (κ2) is 16.2. The molecule has 0 N–H and O–H groups in total. The normalized spacial score (nSPS) is 13.0. The van der Waals surface area contributed by atoms with Gasteiger partial charge in [0.2, 0.25) is 0 Å². The minimum atomic E-state index is -0.543. The van der Waals surface area contributed by atoms with Crippen molar-refractivity contribution in [3.05, 3.63) is 295 Å². The van der Waals surface area contributed by atoms with Crippen LogP contribution in [0.5, 0.6) is 0 Å². The summed E-state index contributed by atoms with van der Waals surface area (Å²) in [5.41, 5.74) is 18.4. The highest BCUT2D eigenvalue weighted by atomic mass is 16.3. The summed E-state index contributed by atoms with van der Waals surface area (Å²) in [4.78, 5) is 7.15. The number of hydrogen-bond donors (Lipinski definition) is 0. The summed E-state index contributed by atoms with van der Waals surface area (Å²) in [6.45, 7) is 0. The van der Waals surface area contributed by atoms with Gasteiger partial charge in [0, 0.05) is 51.0 Å². The first-order valence-corrected chi connectivity index (χ1v) is 25.1. The van der Waals surface area contributed by atoms with Crippen LogP contribution in [0.4, 0.5) is 51.2 Å². The van der Waals surface area contributed by atoms with Crippen LogP contribution in [0, 0.1) is 0 Å². The summed E-state index contributed by atoms with van der Waals surface area (Å²) in [5, 5.41) is 6.90. The smallest absolute Gasteiger partial charge is 0.159 e. The Morgan fingerprint density at radius 2 is 0.836 bits per heavy atom. The molecule has 0 bridgehead atoms. The predicted molar refractivity (Wildman–Crippen MR) is 304 cm³/mol. The third-order valence-electron chi connectivity index (χ3n) is 15.4. The Hall–Kier alpha value is -9.64. The molecule has 1 spiro atoms. The average Bonchev–Trinajstić information content (AvgIpc) is 3.97. The van der Waals surface area contributed by atoms with Crippen molar-refractivity contribution in [2.24, 2.45) is 0 Å². The zero-order valence-electron chi connectivity index (χ0n) is 39.7. The second-order valence-electron chi connectivity index (χ2n) is 19.2. The van der Waals surface area contributed by atoms with Crippen LogP contribution in [0.3, 0.4) is 0 Å².